The number of anilines is 3. The van der Waals surface area contributed by atoms with Crippen LogP contribution in [0.4, 0.5) is 30.2 Å². The number of nitrogens with zero attached hydrogens (tertiary/aromatic N) is 5. The average molecular weight is 508 g/mol. The van der Waals surface area contributed by atoms with Gasteiger partial charge in [0, 0.05) is 23.3 Å². The van der Waals surface area contributed by atoms with Gasteiger partial charge in [-0.25, -0.2) is 13.8 Å². The topological polar surface area (TPSA) is 115 Å². The molecule has 8 nitrogen and oxygen atoms in total. The number of halogens is 4. The van der Waals surface area contributed by atoms with Gasteiger partial charge in [0.25, 0.3) is 0 Å². The van der Waals surface area contributed by atoms with E-state index in [1.807, 2.05) is 6.07 Å². The molecule has 0 saturated heterocycles. The first-order valence-electron chi connectivity index (χ1n) is 10.8. The molecule has 0 saturated carbocycles. The minimum absolute atomic E-state index is 0.0844. The molecular weight excluding hydrogens is 493 g/mol. The monoisotopic (exact) mass is 507 g/mol. The van der Waals surface area contributed by atoms with Gasteiger partial charge in [0.1, 0.15) is 17.6 Å². The Balaban J connectivity index is 1.65. The number of hydrogen-bond acceptors (Lipinski definition) is 7. The van der Waals surface area contributed by atoms with Gasteiger partial charge in [-0.2, -0.15) is 25.1 Å². The van der Waals surface area contributed by atoms with E-state index in [1.165, 1.54) is 42.7 Å². The first-order chi connectivity index (χ1) is 17.8. The largest absolute Gasteiger partial charge is 0.373 e. The van der Waals surface area contributed by atoms with Crippen LogP contribution in [0.15, 0.2) is 61.1 Å². The Hall–Kier alpha value is -4.69. The van der Waals surface area contributed by atoms with E-state index in [0.29, 0.717) is 22.2 Å². The number of aromatic amines is 1. The summed E-state index contributed by atoms with van der Waals surface area (Å²) < 4.78 is 49.9. The lowest BCUT2D eigenvalue weighted by molar-refractivity contribution is 0.480. The second-order valence-electron chi connectivity index (χ2n) is 7.50. The summed E-state index contributed by atoms with van der Waals surface area (Å²) in [4.78, 5) is 7.61. The second-order valence-corrected chi connectivity index (χ2v) is 7.90. The van der Waals surface area contributed by atoms with Crippen molar-refractivity contribution in [2.75, 3.05) is 10.6 Å². The van der Waals surface area contributed by atoms with E-state index in [-0.39, 0.29) is 27.7 Å². The molecule has 0 unspecified atom stereocenters. The fraction of sp³-hybridized carbons (Fsp3) is 0.0417. The molecule has 0 amide bonds. The highest BCUT2D eigenvalue weighted by atomic mass is 35.5. The zero-order valence-corrected chi connectivity index (χ0v) is 18.8. The molecule has 12 heteroatoms. The van der Waals surface area contributed by atoms with Crippen LogP contribution >= 0.6 is 11.6 Å². The molecule has 3 N–H and O–H groups in total. The van der Waals surface area contributed by atoms with Crippen LogP contribution in [0.1, 0.15) is 24.2 Å². The van der Waals surface area contributed by atoms with Gasteiger partial charge in [-0.1, -0.05) is 23.7 Å². The molecule has 0 aliphatic heterocycles. The van der Waals surface area contributed by atoms with Crippen LogP contribution in [0.3, 0.4) is 0 Å². The van der Waals surface area contributed by atoms with E-state index in [1.54, 1.807) is 6.07 Å². The quantitative estimate of drug-likeness (QED) is 0.255. The maximum absolute atomic E-state index is 13.8. The smallest absolute Gasteiger partial charge is 0.249 e. The number of nitrogens with one attached hydrogen (secondary N) is 3. The molecular formula is C24H14ClF3N8. The van der Waals surface area contributed by atoms with Crippen LogP contribution in [0, 0.1) is 28.9 Å². The second kappa shape index (κ2) is 9.52. The maximum atomic E-state index is 13.8. The zero-order valence-electron chi connectivity index (χ0n) is 19.0. The minimum Gasteiger partial charge on any atom is -0.373 e. The molecule has 0 radical (unpaired) electrons. The van der Waals surface area contributed by atoms with Gasteiger partial charge >= 0.3 is 0 Å². The summed E-state index contributed by atoms with van der Waals surface area (Å²) >= 11 is 6.52. The van der Waals surface area contributed by atoms with E-state index in [0.717, 1.165) is 12.3 Å². The lowest BCUT2D eigenvalue weighted by Crippen LogP contribution is -2.13. The summed E-state index contributed by atoms with van der Waals surface area (Å²) in [5.74, 6) is -2.91. The molecule has 0 fully saturated rings. The van der Waals surface area contributed by atoms with Gasteiger partial charge in [-0.15, -0.1) is 0 Å². The fourth-order valence-corrected chi connectivity index (χ4v) is 3.82. The first kappa shape index (κ1) is 21.8. The highest BCUT2D eigenvalue weighted by Gasteiger charge is 2.20. The molecule has 3 heterocycles. The molecule has 36 heavy (non-hydrogen) atoms. The number of H-pyrrole nitrogens is 1. The highest BCUT2D eigenvalue weighted by Crippen LogP contribution is 2.36. The number of rotatable bonds is 6. The van der Waals surface area contributed by atoms with Gasteiger partial charge < -0.3 is 10.6 Å². The van der Waals surface area contributed by atoms with E-state index in [9.17, 15) is 19.8 Å². The molecule has 1 atom stereocenters. The minimum atomic E-state index is -1.73. The summed E-state index contributed by atoms with van der Waals surface area (Å²) in [7, 11) is 0. The van der Waals surface area contributed by atoms with Gasteiger partial charge in [-0.3, -0.25) is 4.98 Å². The van der Waals surface area contributed by atoms with Gasteiger partial charge in [-0.05, 0) is 29.8 Å². The third-order valence-electron chi connectivity index (χ3n) is 5.18. The molecule has 5 rings (SSSR count). The Morgan fingerprint density at radius 3 is 2.53 bits per heavy atom. The van der Waals surface area contributed by atoms with Crippen molar-refractivity contribution in [3.8, 4) is 6.07 Å². The zero-order chi connectivity index (χ0) is 26.2. The van der Waals surface area contributed by atoms with E-state index >= 15 is 0 Å². The number of benzene rings is 2. The van der Waals surface area contributed by atoms with Crippen molar-refractivity contribution in [1.82, 2.24) is 25.4 Å². The Bertz CT molecular complexity index is 1660. The summed E-state index contributed by atoms with van der Waals surface area (Å²) in [6.45, 7) is 0. The molecule has 0 spiro atoms. The number of aromatic nitrogens is 5. The summed E-state index contributed by atoms with van der Waals surface area (Å²) in [6, 6.07) is 9.59. The Labute approximate surface area is 208 Å². The third kappa shape index (κ3) is 4.49. The summed E-state index contributed by atoms with van der Waals surface area (Å²) in [5.41, 5.74) is 1.56. The highest BCUT2D eigenvalue weighted by molar-refractivity contribution is 6.36. The van der Waals surface area contributed by atoms with E-state index in [4.69, 9.17) is 11.6 Å². The molecule has 0 bridgehead atoms. The Kier molecular flexibility index (Phi) is 5.77. The normalized spacial score (nSPS) is 13.0. The molecule has 2 aromatic carbocycles. The number of pyridine rings is 2. The maximum Gasteiger partial charge on any atom is 0.249 e. The van der Waals surface area contributed by atoms with Crippen LogP contribution < -0.4 is 10.6 Å². The van der Waals surface area contributed by atoms with Crippen LogP contribution in [0.5, 0.6) is 0 Å². The number of hydrogen-bond donors (Lipinski definition) is 3. The van der Waals surface area contributed by atoms with Crippen molar-refractivity contribution in [1.29, 1.82) is 5.26 Å². The molecule has 178 valence electrons. The van der Waals surface area contributed by atoms with Crippen molar-refractivity contribution >= 4 is 39.6 Å². The fourth-order valence-electron chi connectivity index (χ4n) is 3.55. The lowest BCUT2D eigenvalue weighted by Gasteiger charge is -2.20. The van der Waals surface area contributed by atoms with Crippen LogP contribution in [-0.2, 0) is 0 Å². The first-order valence-corrected chi connectivity index (χ1v) is 10.7. The number of fused-ring (bicyclic) bond motifs is 1. The van der Waals surface area contributed by atoms with Gasteiger partial charge in [0.05, 0.1) is 47.3 Å². The van der Waals surface area contributed by atoms with Crippen molar-refractivity contribution in [3.05, 3.63) is 100 Å². The third-order valence-corrected chi connectivity index (χ3v) is 5.47. The summed E-state index contributed by atoms with van der Waals surface area (Å²) in [5, 5.41) is 26.4. The lowest BCUT2D eigenvalue weighted by atomic mass is 10.0. The van der Waals surface area contributed by atoms with Crippen molar-refractivity contribution < 1.29 is 14.5 Å². The molecule has 0 aliphatic rings. The molecule has 0 aliphatic carbocycles. The predicted molar refractivity (Wildman–Crippen MR) is 127 cm³/mol. The molecule has 5 aromatic rings. The average Bonchev–Trinajstić information content (AvgIpc) is 3.43. The van der Waals surface area contributed by atoms with Gasteiger partial charge in [0.2, 0.25) is 5.95 Å². The van der Waals surface area contributed by atoms with Crippen molar-refractivity contribution in [3.63, 3.8) is 0 Å². The van der Waals surface area contributed by atoms with E-state index in [2.05, 4.69) is 36.0 Å². The predicted octanol–water partition coefficient (Wildman–Crippen LogP) is 5.64. The van der Waals surface area contributed by atoms with Crippen molar-refractivity contribution in [2.45, 2.75) is 6.02 Å². The van der Waals surface area contributed by atoms with Crippen LogP contribution in [-0.4, -0.2) is 25.4 Å². The van der Waals surface area contributed by atoms with Gasteiger partial charge in [0.15, 0.2) is 5.82 Å². The van der Waals surface area contributed by atoms with Crippen molar-refractivity contribution in [2.24, 2.45) is 0 Å². The SMILES string of the molecule is [2H][C@](Nc1cc(Cl)c2ncc(C#N)c(Nc3cnc(F)c(F)c3)c2c1)(c1ccc(F)cc1)c1cn[nH]n1. The summed E-state index contributed by atoms with van der Waals surface area (Å²) in [6.07, 6.45) is 3.72. The Morgan fingerprint density at radius 1 is 1.03 bits per heavy atom. The number of nitriles is 1. The van der Waals surface area contributed by atoms with E-state index < -0.39 is 23.6 Å². The van der Waals surface area contributed by atoms with Crippen LogP contribution in [0.25, 0.3) is 10.9 Å². The Morgan fingerprint density at radius 2 is 1.83 bits per heavy atom. The standard InChI is InChI=1S/C24H14ClF3N8/c25-18-6-15(33-22(20-11-32-36-35-20)12-1-3-14(26)4-2-12)5-17-21(13(8-29)9-30-23(17)18)34-16-7-19(27)24(28)31-10-16/h1-7,9-11,22,33H,(H,30,34)(H,32,35,36)/t22-/m0/s1/i22D. The molecule has 3 aromatic heterocycles. The van der Waals surface area contributed by atoms with Crippen LogP contribution in [0.2, 0.25) is 5.02 Å².